The summed E-state index contributed by atoms with van der Waals surface area (Å²) in [6.07, 6.45) is 5.23. The standard InChI is InChI=1S/C21H28ClN5O3S.H2O/c1-29-18-12-16(23)15(22)11-14(18)20(28)26-17-5-9-27(13-19(17)30-2)8-4-10-31-21-24-6-3-7-25-21;/h3,6-7,11-12,17,19H,4-5,8-10,13,23H2,1-2H3,(H,26,28);1H2. The Hall–Kier alpha value is -2.11. The average molecular weight is 484 g/mol. The molecule has 1 aliphatic rings. The number of likely N-dealkylation sites (tertiary alicyclic amines) is 1. The van der Waals surface area contributed by atoms with Crippen molar-refractivity contribution in [3.8, 4) is 5.75 Å². The number of nitrogens with one attached hydrogen (secondary N) is 1. The van der Waals surface area contributed by atoms with E-state index in [0.717, 1.165) is 43.4 Å². The van der Waals surface area contributed by atoms with Crippen LogP contribution >= 0.6 is 23.4 Å². The largest absolute Gasteiger partial charge is 0.496 e. The average Bonchev–Trinajstić information content (AvgIpc) is 2.79. The van der Waals surface area contributed by atoms with Gasteiger partial charge < -0.3 is 30.9 Å². The molecule has 5 N–H and O–H groups in total. The molecule has 1 fully saturated rings. The van der Waals surface area contributed by atoms with Crippen molar-refractivity contribution < 1.29 is 19.7 Å². The van der Waals surface area contributed by atoms with Gasteiger partial charge in [-0.15, -0.1) is 0 Å². The number of nitrogens with two attached hydrogens (primary N) is 1. The molecule has 1 saturated heterocycles. The molecule has 2 aromatic rings. The number of piperidine rings is 1. The lowest BCUT2D eigenvalue weighted by Gasteiger charge is -2.38. The van der Waals surface area contributed by atoms with E-state index in [-0.39, 0.29) is 23.5 Å². The SMILES string of the molecule is COc1cc(N)c(Cl)cc1C(=O)NC1CCN(CCCSc2ncccn2)CC1OC.O. The Morgan fingerprint density at radius 1 is 1.34 bits per heavy atom. The number of amides is 1. The number of carbonyl (C=O) groups is 1. The van der Waals surface area contributed by atoms with Crippen LogP contribution in [0, 0.1) is 0 Å². The van der Waals surface area contributed by atoms with Crippen molar-refractivity contribution >= 4 is 35.0 Å². The van der Waals surface area contributed by atoms with Gasteiger partial charge in [-0.3, -0.25) is 4.79 Å². The molecule has 32 heavy (non-hydrogen) atoms. The number of carbonyl (C=O) groups excluding carboxylic acids is 1. The summed E-state index contributed by atoms with van der Waals surface area (Å²) in [6, 6.07) is 4.82. The maximum absolute atomic E-state index is 12.9. The van der Waals surface area contributed by atoms with Crippen LogP contribution < -0.4 is 15.8 Å². The van der Waals surface area contributed by atoms with Crippen molar-refractivity contribution in [2.24, 2.45) is 0 Å². The Morgan fingerprint density at radius 3 is 2.78 bits per heavy atom. The quantitative estimate of drug-likeness (QED) is 0.239. The third kappa shape index (κ3) is 6.94. The molecule has 0 spiro atoms. The van der Waals surface area contributed by atoms with Crippen LogP contribution in [0.3, 0.4) is 0 Å². The van der Waals surface area contributed by atoms with E-state index >= 15 is 0 Å². The van der Waals surface area contributed by atoms with Gasteiger partial charge in [0.25, 0.3) is 5.91 Å². The third-order valence-electron chi connectivity index (χ3n) is 5.22. The molecule has 0 bridgehead atoms. The lowest BCUT2D eigenvalue weighted by Crippen LogP contribution is -2.55. The number of hydrogen-bond acceptors (Lipinski definition) is 8. The second-order valence-electron chi connectivity index (χ2n) is 7.25. The van der Waals surface area contributed by atoms with E-state index in [0.29, 0.717) is 22.0 Å². The van der Waals surface area contributed by atoms with Gasteiger partial charge in [-0.1, -0.05) is 23.4 Å². The number of ether oxygens (including phenoxy) is 2. The van der Waals surface area contributed by atoms with Crippen LogP contribution in [0.4, 0.5) is 5.69 Å². The van der Waals surface area contributed by atoms with Crippen LogP contribution in [0.25, 0.3) is 0 Å². The predicted octanol–water partition coefficient (Wildman–Crippen LogP) is 1.90. The molecule has 176 valence electrons. The fourth-order valence-electron chi connectivity index (χ4n) is 3.56. The van der Waals surface area contributed by atoms with Crippen LogP contribution in [0.1, 0.15) is 23.2 Å². The molecule has 2 atom stereocenters. The number of thioether (sulfide) groups is 1. The predicted molar refractivity (Wildman–Crippen MR) is 127 cm³/mol. The lowest BCUT2D eigenvalue weighted by molar-refractivity contribution is 0.00655. The van der Waals surface area contributed by atoms with Crippen molar-refractivity contribution in [1.82, 2.24) is 20.2 Å². The first-order chi connectivity index (χ1) is 15.0. The minimum atomic E-state index is -0.251. The second-order valence-corrected chi connectivity index (χ2v) is 8.72. The van der Waals surface area contributed by atoms with Crippen molar-refractivity contribution in [2.75, 3.05) is 45.3 Å². The van der Waals surface area contributed by atoms with E-state index in [1.54, 1.807) is 37.3 Å². The molecule has 2 unspecified atom stereocenters. The summed E-state index contributed by atoms with van der Waals surface area (Å²) in [6.45, 7) is 2.60. The highest BCUT2D eigenvalue weighted by atomic mass is 35.5. The summed E-state index contributed by atoms with van der Waals surface area (Å²) in [7, 11) is 3.18. The first kappa shape index (κ1) is 26.1. The molecule has 1 amide bonds. The fourth-order valence-corrected chi connectivity index (χ4v) is 4.45. The summed E-state index contributed by atoms with van der Waals surface area (Å²) in [5.41, 5.74) is 6.54. The molecule has 0 aliphatic carbocycles. The van der Waals surface area contributed by atoms with E-state index in [1.807, 2.05) is 6.07 Å². The molecular weight excluding hydrogens is 454 g/mol. The molecule has 1 aliphatic heterocycles. The second kappa shape index (κ2) is 12.8. The van der Waals surface area contributed by atoms with Crippen molar-refractivity contribution in [3.05, 3.63) is 41.2 Å². The van der Waals surface area contributed by atoms with Crippen LogP contribution in [-0.2, 0) is 4.74 Å². The number of nitrogens with zero attached hydrogens (tertiary/aromatic N) is 3. The van der Waals surface area contributed by atoms with Crippen LogP contribution in [-0.4, -0.2) is 78.0 Å². The highest BCUT2D eigenvalue weighted by Gasteiger charge is 2.31. The van der Waals surface area contributed by atoms with Gasteiger partial charge in [0.1, 0.15) is 5.75 Å². The van der Waals surface area contributed by atoms with Crippen LogP contribution in [0.5, 0.6) is 5.75 Å². The Morgan fingerprint density at radius 2 is 2.09 bits per heavy atom. The van der Waals surface area contributed by atoms with Gasteiger partial charge in [-0.2, -0.15) is 0 Å². The topological polar surface area (TPSA) is 134 Å². The molecule has 0 saturated carbocycles. The summed E-state index contributed by atoms with van der Waals surface area (Å²) in [5.74, 6) is 1.10. The highest BCUT2D eigenvalue weighted by molar-refractivity contribution is 7.99. The van der Waals surface area contributed by atoms with Crippen LogP contribution in [0.2, 0.25) is 5.02 Å². The van der Waals surface area contributed by atoms with E-state index in [4.69, 9.17) is 26.8 Å². The Balaban J connectivity index is 0.00000363. The number of nitrogen functional groups attached to an aromatic ring is 1. The van der Waals surface area contributed by atoms with E-state index in [2.05, 4.69) is 20.2 Å². The minimum Gasteiger partial charge on any atom is -0.496 e. The Kier molecular flexibility index (Phi) is 10.5. The smallest absolute Gasteiger partial charge is 0.255 e. The molecular formula is C21H30ClN5O4S. The lowest BCUT2D eigenvalue weighted by atomic mass is 10.0. The number of anilines is 1. The zero-order valence-electron chi connectivity index (χ0n) is 18.2. The molecule has 1 aromatic carbocycles. The Bertz CT molecular complexity index is 877. The fraction of sp³-hybridized carbons (Fsp3) is 0.476. The minimum absolute atomic E-state index is 0. The molecule has 11 heteroatoms. The monoisotopic (exact) mass is 483 g/mol. The van der Waals surface area contributed by atoms with Gasteiger partial charge in [0.15, 0.2) is 5.16 Å². The number of hydrogen-bond donors (Lipinski definition) is 2. The first-order valence-corrected chi connectivity index (χ1v) is 11.5. The maximum atomic E-state index is 12.9. The number of methoxy groups -OCH3 is 2. The van der Waals surface area contributed by atoms with Crippen molar-refractivity contribution in [2.45, 2.75) is 30.1 Å². The first-order valence-electron chi connectivity index (χ1n) is 10.1. The third-order valence-corrected chi connectivity index (χ3v) is 6.51. The highest BCUT2D eigenvalue weighted by Crippen LogP contribution is 2.29. The van der Waals surface area contributed by atoms with Gasteiger partial charge in [-0.25, -0.2) is 9.97 Å². The molecule has 1 aromatic heterocycles. The van der Waals surface area contributed by atoms with E-state index < -0.39 is 0 Å². The number of halogens is 1. The van der Waals surface area contributed by atoms with E-state index in [9.17, 15) is 4.79 Å². The van der Waals surface area contributed by atoms with Crippen molar-refractivity contribution in [3.63, 3.8) is 0 Å². The van der Waals surface area contributed by atoms with Gasteiger partial charge in [0.2, 0.25) is 0 Å². The molecule has 9 nitrogen and oxygen atoms in total. The van der Waals surface area contributed by atoms with E-state index in [1.165, 1.54) is 13.2 Å². The molecule has 0 radical (unpaired) electrons. The zero-order chi connectivity index (χ0) is 22.2. The Labute approximate surface area is 197 Å². The number of benzene rings is 1. The molecule has 2 heterocycles. The normalized spacial score (nSPS) is 18.6. The molecule has 3 rings (SSSR count). The summed E-state index contributed by atoms with van der Waals surface area (Å²) >= 11 is 7.76. The summed E-state index contributed by atoms with van der Waals surface area (Å²) < 4.78 is 11.0. The van der Waals surface area contributed by atoms with Gasteiger partial charge >= 0.3 is 0 Å². The van der Waals surface area contributed by atoms with Crippen LogP contribution in [0.15, 0.2) is 35.7 Å². The number of aromatic nitrogens is 2. The van der Waals surface area contributed by atoms with Gasteiger partial charge in [-0.05, 0) is 31.5 Å². The maximum Gasteiger partial charge on any atom is 0.255 e. The van der Waals surface area contributed by atoms with Gasteiger partial charge in [0.05, 0.1) is 35.5 Å². The summed E-state index contributed by atoms with van der Waals surface area (Å²) in [4.78, 5) is 23.7. The summed E-state index contributed by atoms with van der Waals surface area (Å²) in [5, 5.41) is 4.20. The number of rotatable bonds is 9. The van der Waals surface area contributed by atoms with Crippen molar-refractivity contribution in [1.29, 1.82) is 0 Å². The zero-order valence-corrected chi connectivity index (χ0v) is 19.8. The van der Waals surface area contributed by atoms with Gasteiger partial charge in [0, 0.05) is 44.4 Å².